The van der Waals surface area contributed by atoms with E-state index in [2.05, 4.69) is 5.32 Å². The van der Waals surface area contributed by atoms with Gasteiger partial charge in [-0.2, -0.15) is 0 Å². The normalized spacial score (nSPS) is 22.1. The Hall–Kier alpha value is -1.75. The van der Waals surface area contributed by atoms with E-state index in [9.17, 15) is 9.59 Å². The van der Waals surface area contributed by atoms with Gasteiger partial charge in [-0.3, -0.25) is 9.59 Å². The highest BCUT2D eigenvalue weighted by Gasteiger charge is 2.42. The fraction of sp³-hybridized carbons (Fsp3) is 0.385. The molecular weight excluding hydrogens is 270 g/mol. The molecule has 1 unspecified atom stereocenters. The van der Waals surface area contributed by atoms with Crippen molar-refractivity contribution in [2.24, 2.45) is 0 Å². The fourth-order valence-electron chi connectivity index (χ4n) is 2.42. The van der Waals surface area contributed by atoms with Crippen molar-refractivity contribution in [3.63, 3.8) is 0 Å². The second-order valence-corrected chi connectivity index (χ2v) is 5.06. The topological polar surface area (TPSA) is 75.6 Å². The number of ether oxygens (including phenoxy) is 1. The highest BCUT2D eigenvalue weighted by molar-refractivity contribution is 6.32. The van der Waals surface area contributed by atoms with E-state index in [0.29, 0.717) is 17.3 Å². The highest BCUT2D eigenvalue weighted by Crippen LogP contribution is 2.38. The van der Waals surface area contributed by atoms with E-state index >= 15 is 0 Å². The number of aliphatic carboxylic acids is 1. The van der Waals surface area contributed by atoms with Crippen molar-refractivity contribution in [2.75, 3.05) is 13.7 Å². The summed E-state index contributed by atoms with van der Waals surface area (Å²) in [7, 11) is 1.51. The van der Waals surface area contributed by atoms with Gasteiger partial charge in [-0.05, 0) is 17.7 Å². The Bertz CT molecular complexity index is 531. The van der Waals surface area contributed by atoms with Gasteiger partial charge in [-0.1, -0.05) is 17.7 Å². The summed E-state index contributed by atoms with van der Waals surface area (Å²) in [6.45, 7) is 0.306. The first-order valence-corrected chi connectivity index (χ1v) is 6.17. The Labute approximate surface area is 115 Å². The van der Waals surface area contributed by atoms with E-state index < -0.39 is 11.4 Å². The van der Waals surface area contributed by atoms with Crippen LogP contribution in [0.3, 0.4) is 0 Å². The second-order valence-electron chi connectivity index (χ2n) is 4.65. The molecule has 1 aliphatic heterocycles. The standard InChI is InChI=1S/C13H14ClNO4/c1-19-10-3-2-8(4-9(10)14)13(6-12(17)18)5-11(16)15-7-13/h2-4H,5-7H2,1H3,(H,15,16)(H,17,18). The third kappa shape index (κ3) is 2.66. The molecule has 1 aromatic rings. The number of carbonyl (C=O) groups is 2. The predicted molar refractivity (Wildman–Crippen MR) is 69.6 cm³/mol. The molecule has 1 aromatic carbocycles. The van der Waals surface area contributed by atoms with Crippen LogP contribution in [0, 0.1) is 0 Å². The number of amides is 1. The number of rotatable bonds is 4. The lowest BCUT2D eigenvalue weighted by molar-refractivity contribution is -0.138. The molecule has 2 N–H and O–H groups in total. The number of methoxy groups -OCH3 is 1. The number of carboxylic acids is 1. The summed E-state index contributed by atoms with van der Waals surface area (Å²) in [6, 6.07) is 5.11. The third-order valence-corrected chi connectivity index (χ3v) is 3.67. The average Bonchev–Trinajstić information content (AvgIpc) is 2.71. The van der Waals surface area contributed by atoms with Crippen LogP contribution in [0.15, 0.2) is 18.2 Å². The maximum absolute atomic E-state index is 11.5. The van der Waals surface area contributed by atoms with Gasteiger partial charge in [0.1, 0.15) is 5.75 Å². The summed E-state index contributed by atoms with van der Waals surface area (Å²) in [4.78, 5) is 22.5. The van der Waals surface area contributed by atoms with Crippen LogP contribution in [0.25, 0.3) is 0 Å². The van der Waals surface area contributed by atoms with E-state index in [1.807, 2.05) is 0 Å². The molecule has 1 atom stereocenters. The van der Waals surface area contributed by atoms with Gasteiger partial charge in [0, 0.05) is 18.4 Å². The van der Waals surface area contributed by atoms with Crippen LogP contribution in [-0.4, -0.2) is 30.6 Å². The molecule has 0 saturated carbocycles. The SMILES string of the molecule is COc1ccc(C2(CC(=O)O)CNC(=O)C2)cc1Cl. The zero-order valence-electron chi connectivity index (χ0n) is 10.4. The smallest absolute Gasteiger partial charge is 0.304 e. The Morgan fingerprint density at radius 3 is 2.79 bits per heavy atom. The molecule has 1 aliphatic rings. The fourth-order valence-corrected chi connectivity index (χ4v) is 2.67. The molecule has 1 heterocycles. The number of hydrogen-bond acceptors (Lipinski definition) is 3. The van der Waals surface area contributed by atoms with E-state index in [-0.39, 0.29) is 18.7 Å². The summed E-state index contributed by atoms with van der Waals surface area (Å²) in [5.41, 5.74) is -0.00204. The minimum absolute atomic E-state index is 0.117. The van der Waals surface area contributed by atoms with Crippen molar-refractivity contribution in [2.45, 2.75) is 18.3 Å². The summed E-state index contributed by atoms with van der Waals surface area (Å²) in [6.07, 6.45) is 0.0381. The van der Waals surface area contributed by atoms with Crippen molar-refractivity contribution < 1.29 is 19.4 Å². The molecule has 0 aromatic heterocycles. The Kier molecular flexibility index (Phi) is 3.66. The second kappa shape index (κ2) is 5.09. The highest BCUT2D eigenvalue weighted by atomic mass is 35.5. The van der Waals surface area contributed by atoms with E-state index in [0.717, 1.165) is 5.56 Å². The Morgan fingerprint density at radius 1 is 1.58 bits per heavy atom. The van der Waals surface area contributed by atoms with Crippen LogP contribution >= 0.6 is 11.6 Å². The molecule has 6 heteroatoms. The molecule has 5 nitrogen and oxygen atoms in total. The van der Waals surface area contributed by atoms with Gasteiger partial charge in [0.25, 0.3) is 0 Å². The molecule has 0 spiro atoms. The molecule has 1 amide bonds. The van der Waals surface area contributed by atoms with Gasteiger partial charge >= 0.3 is 5.97 Å². The lowest BCUT2D eigenvalue weighted by Crippen LogP contribution is -2.31. The molecule has 0 aliphatic carbocycles. The van der Waals surface area contributed by atoms with Gasteiger partial charge in [0.05, 0.1) is 18.6 Å². The van der Waals surface area contributed by atoms with E-state index in [1.165, 1.54) is 7.11 Å². The van der Waals surface area contributed by atoms with Gasteiger partial charge in [0.15, 0.2) is 0 Å². The van der Waals surface area contributed by atoms with Gasteiger partial charge in [-0.25, -0.2) is 0 Å². The van der Waals surface area contributed by atoms with Crippen LogP contribution in [0.1, 0.15) is 18.4 Å². The minimum Gasteiger partial charge on any atom is -0.495 e. The molecule has 0 bridgehead atoms. The molecule has 1 fully saturated rings. The average molecular weight is 284 g/mol. The molecular formula is C13H14ClNO4. The molecule has 102 valence electrons. The summed E-state index contributed by atoms with van der Waals surface area (Å²) < 4.78 is 5.07. The Morgan fingerprint density at radius 2 is 2.32 bits per heavy atom. The largest absolute Gasteiger partial charge is 0.495 e. The maximum Gasteiger partial charge on any atom is 0.304 e. The minimum atomic E-state index is -0.941. The number of hydrogen-bond donors (Lipinski definition) is 2. The molecule has 19 heavy (non-hydrogen) atoms. The van der Waals surface area contributed by atoms with Crippen molar-refractivity contribution in [3.8, 4) is 5.75 Å². The van der Waals surface area contributed by atoms with E-state index in [1.54, 1.807) is 18.2 Å². The third-order valence-electron chi connectivity index (χ3n) is 3.38. The summed E-state index contributed by atoms with van der Waals surface area (Å²) >= 11 is 6.07. The first-order valence-electron chi connectivity index (χ1n) is 5.79. The summed E-state index contributed by atoms with van der Waals surface area (Å²) in [5.74, 6) is -0.565. The first-order chi connectivity index (χ1) is 8.97. The number of halogens is 1. The van der Waals surface area contributed by atoms with Gasteiger partial charge in [0.2, 0.25) is 5.91 Å². The molecule has 1 saturated heterocycles. The van der Waals surface area contributed by atoms with Crippen LogP contribution in [0.2, 0.25) is 5.02 Å². The zero-order chi connectivity index (χ0) is 14.0. The lowest BCUT2D eigenvalue weighted by atomic mass is 9.77. The quantitative estimate of drug-likeness (QED) is 0.880. The molecule has 2 rings (SSSR count). The zero-order valence-corrected chi connectivity index (χ0v) is 11.2. The van der Waals surface area contributed by atoms with Gasteiger partial charge in [-0.15, -0.1) is 0 Å². The number of benzene rings is 1. The predicted octanol–water partition coefficient (Wildman–Crippen LogP) is 1.58. The van der Waals surface area contributed by atoms with Crippen molar-refractivity contribution in [3.05, 3.63) is 28.8 Å². The van der Waals surface area contributed by atoms with Gasteiger partial charge < -0.3 is 15.2 Å². The van der Waals surface area contributed by atoms with Crippen LogP contribution in [0.5, 0.6) is 5.75 Å². The molecule has 0 radical (unpaired) electrons. The van der Waals surface area contributed by atoms with Crippen molar-refractivity contribution in [1.82, 2.24) is 5.32 Å². The number of nitrogens with one attached hydrogen (secondary N) is 1. The maximum atomic E-state index is 11.5. The van der Waals surface area contributed by atoms with Crippen LogP contribution < -0.4 is 10.1 Å². The number of carbonyl (C=O) groups excluding carboxylic acids is 1. The summed E-state index contributed by atoms with van der Waals surface area (Å²) in [5, 5.41) is 12.2. The monoisotopic (exact) mass is 283 g/mol. The first kappa shape index (κ1) is 13.7. The van der Waals surface area contributed by atoms with Crippen LogP contribution in [0.4, 0.5) is 0 Å². The van der Waals surface area contributed by atoms with Crippen molar-refractivity contribution >= 4 is 23.5 Å². The van der Waals surface area contributed by atoms with E-state index in [4.69, 9.17) is 21.4 Å². The van der Waals surface area contributed by atoms with Crippen molar-refractivity contribution in [1.29, 1.82) is 0 Å². The lowest BCUT2D eigenvalue weighted by Gasteiger charge is -2.26. The van der Waals surface area contributed by atoms with Crippen LogP contribution in [-0.2, 0) is 15.0 Å². The number of carboxylic acid groups (broad SMARTS) is 1. The Balaban J connectivity index is 2.41.